The number of hydrogen-bond acceptors (Lipinski definition) is 4. The Morgan fingerprint density at radius 2 is 1.88 bits per heavy atom. The SMILES string of the molecule is CCOc1ccc(C(=O)COCCOC)cc1. The molecule has 0 bridgehead atoms. The Hall–Kier alpha value is -1.39. The first kappa shape index (κ1) is 13.7. The summed E-state index contributed by atoms with van der Waals surface area (Å²) in [7, 11) is 1.59. The van der Waals surface area contributed by atoms with E-state index in [2.05, 4.69) is 0 Å². The molecule has 0 spiro atoms. The standard InChI is InChI=1S/C13H18O4/c1-3-17-12-6-4-11(5-7-12)13(14)10-16-9-8-15-2/h4-7H,3,8-10H2,1-2H3. The van der Waals surface area contributed by atoms with Gasteiger partial charge in [-0.2, -0.15) is 0 Å². The second-order valence-electron chi connectivity index (χ2n) is 3.43. The Bertz CT molecular complexity index is 332. The summed E-state index contributed by atoms with van der Waals surface area (Å²) in [5.41, 5.74) is 0.630. The van der Waals surface area contributed by atoms with Crippen molar-refractivity contribution in [3.05, 3.63) is 29.8 Å². The fraction of sp³-hybridized carbons (Fsp3) is 0.462. The monoisotopic (exact) mass is 238 g/mol. The van der Waals surface area contributed by atoms with Crippen LogP contribution in [0, 0.1) is 0 Å². The molecule has 0 aliphatic heterocycles. The minimum atomic E-state index is -0.0378. The fourth-order valence-corrected chi connectivity index (χ4v) is 1.29. The quantitative estimate of drug-likeness (QED) is 0.513. The number of Topliss-reactive ketones (excluding diaryl/α,β-unsaturated/α-hetero) is 1. The van der Waals surface area contributed by atoms with Crippen LogP contribution in [0.15, 0.2) is 24.3 Å². The molecule has 1 rings (SSSR count). The van der Waals surface area contributed by atoms with Crippen molar-refractivity contribution in [2.45, 2.75) is 6.92 Å². The predicted octanol–water partition coefficient (Wildman–Crippen LogP) is 1.93. The normalized spacial score (nSPS) is 10.2. The summed E-state index contributed by atoms with van der Waals surface area (Å²) in [6.45, 7) is 3.54. The highest BCUT2D eigenvalue weighted by atomic mass is 16.5. The lowest BCUT2D eigenvalue weighted by Gasteiger charge is -2.05. The highest BCUT2D eigenvalue weighted by Crippen LogP contribution is 2.12. The maximum absolute atomic E-state index is 11.7. The Kier molecular flexibility index (Phi) is 6.29. The molecule has 17 heavy (non-hydrogen) atoms. The van der Waals surface area contributed by atoms with Crippen molar-refractivity contribution < 1.29 is 19.0 Å². The van der Waals surface area contributed by atoms with Crippen molar-refractivity contribution in [3.63, 3.8) is 0 Å². The molecule has 0 N–H and O–H groups in total. The number of ketones is 1. The van der Waals surface area contributed by atoms with Crippen LogP contribution in [-0.4, -0.2) is 39.3 Å². The third kappa shape index (κ3) is 4.97. The van der Waals surface area contributed by atoms with Gasteiger partial charge in [-0.15, -0.1) is 0 Å². The molecule has 0 aliphatic carbocycles. The van der Waals surface area contributed by atoms with E-state index in [9.17, 15) is 4.79 Å². The van der Waals surface area contributed by atoms with Crippen LogP contribution in [-0.2, 0) is 9.47 Å². The molecular formula is C13H18O4. The minimum absolute atomic E-state index is 0.0378. The number of carbonyl (C=O) groups excluding carboxylic acids is 1. The molecule has 4 heteroatoms. The largest absolute Gasteiger partial charge is 0.494 e. The lowest BCUT2D eigenvalue weighted by Crippen LogP contribution is -2.12. The van der Waals surface area contributed by atoms with Gasteiger partial charge in [0.05, 0.1) is 19.8 Å². The Morgan fingerprint density at radius 1 is 1.18 bits per heavy atom. The van der Waals surface area contributed by atoms with Gasteiger partial charge in [0.1, 0.15) is 12.4 Å². The van der Waals surface area contributed by atoms with Gasteiger partial charge in [-0.05, 0) is 31.2 Å². The van der Waals surface area contributed by atoms with E-state index in [0.717, 1.165) is 5.75 Å². The van der Waals surface area contributed by atoms with E-state index >= 15 is 0 Å². The zero-order chi connectivity index (χ0) is 12.5. The number of carbonyl (C=O) groups is 1. The van der Waals surface area contributed by atoms with E-state index < -0.39 is 0 Å². The Labute approximate surface area is 101 Å². The van der Waals surface area contributed by atoms with Crippen molar-refractivity contribution in [2.75, 3.05) is 33.5 Å². The molecule has 0 atom stereocenters. The summed E-state index contributed by atoms with van der Waals surface area (Å²) >= 11 is 0. The van der Waals surface area contributed by atoms with E-state index in [1.54, 1.807) is 31.4 Å². The second kappa shape index (κ2) is 7.81. The molecule has 0 unspecified atom stereocenters. The van der Waals surface area contributed by atoms with Crippen molar-refractivity contribution in [2.24, 2.45) is 0 Å². The van der Waals surface area contributed by atoms with Crippen LogP contribution in [0.1, 0.15) is 17.3 Å². The van der Waals surface area contributed by atoms with Crippen LogP contribution in [0.5, 0.6) is 5.75 Å². The molecule has 1 aromatic carbocycles. The molecular weight excluding hydrogens is 220 g/mol. The number of benzene rings is 1. The molecule has 4 nitrogen and oxygen atoms in total. The van der Waals surface area contributed by atoms with Gasteiger partial charge in [0, 0.05) is 12.7 Å². The van der Waals surface area contributed by atoms with Gasteiger partial charge < -0.3 is 14.2 Å². The van der Waals surface area contributed by atoms with Gasteiger partial charge in [0.2, 0.25) is 0 Å². The summed E-state index contributed by atoms with van der Waals surface area (Å²) in [6, 6.07) is 7.05. The smallest absolute Gasteiger partial charge is 0.188 e. The van der Waals surface area contributed by atoms with Crippen LogP contribution in [0.3, 0.4) is 0 Å². The Balaban J connectivity index is 2.40. The van der Waals surface area contributed by atoms with Crippen molar-refractivity contribution in [3.8, 4) is 5.75 Å². The predicted molar refractivity (Wildman–Crippen MR) is 64.6 cm³/mol. The van der Waals surface area contributed by atoms with Gasteiger partial charge in [-0.25, -0.2) is 0 Å². The maximum Gasteiger partial charge on any atom is 0.188 e. The van der Waals surface area contributed by atoms with Crippen LogP contribution in [0.4, 0.5) is 0 Å². The second-order valence-corrected chi connectivity index (χ2v) is 3.43. The number of hydrogen-bond donors (Lipinski definition) is 0. The van der Waals surface area contributed by atoms with E-state index in [4.69, 9.17) is 14.2 Å². The highest BCUT2D eigenvalue weighted by Gasteiger charge is 2.05. The van der Waals surface area contributed by atoms with Crippen LogP contribution < -0.4 is 4.74 Å². The van der Waals surface area contributed by atoms with Crippen molar-refractivity contribution >= 4 is 5.78 Å². The van der Waals surface area contributed by atoms with Crippen LogP contribution in [0.2, 0.25) is 0 Å². The highest BCUT2D eigenvalue weighted by molar-refractivity contribution is 5.97. The minimum Gasteiger partial charge on any atom is -0.494 e. The fourth-order valence-electron chi connectivity index (χ4n) is 1.29. The lowest BCUT2D eigenvalue weighted by atomic mass is 10.1. The van der Waals surface area contributed by atoms with Crippen molar-refractivity contribution in [1.82, 2.24) is 0 Å². The molecule has 1 aromatic rings. The number of methoxy groups -OCH3 is 1. The van der Waals surface area contributed by atoms with E-state index in [-0.39, 0.29) is 12.4 Å². The van der Waals surface area contributed by atoms with Crippen LogP contribution >= 0.6 is 0 Å². The third-order valence-corrected chi connectivity index (χ3v) is 2.15. The molecule has 94 valence electrons. The first-order valence-electron chi connectivity index (χ1n) is 5.60. The van der Waals surface area contributed by atoms with E-state index in [0.29, 0.717) is 25.4 Å². The topological polar surface area (TPSA) is 44.8 Å². The summed E-state index contributed by atoms with van der Waals surface area (Å²) in [5.74, 6) is 0.730. The number of ether oxygens (including phenoxy) is 3. The molecule has 0 radical (unpaired) electrons. The molecule has 0 saturated heterocycles. The van der Waals surface area contributed by atoms with Gasteiger partial charge in [-0.3, -0.25) is 4.79 Å². The van der Waals surface area contributed by atoms with E-state index in [1.807, 2.05) is 6.92 Å². The van der Waals surface area contributed by atoms with E-state index in [1.165, 1.54) is 0 Å². The zero-order valence-corrected chi connectivity index (χ0v) is 10.3. The van der Waals surface area contributed by atoms with Crippen LogP contribution in [0.25, 0.3) is 0 Å². The number of rotatable bonds is 8. The lowest BCUT2D eigenvalue weighted by molar-refractivity contribution is 0.0577. The van der Waals surface area contributed by atoms with Gasteiger partial charge in [0.15, 0.2) is 5.78 Å². The average Bonchev–Trinajstić information content (AvgIpc) is 2.36. The van der Waals surface area contributed by atoms with Crippen molar-refractivity contribution in [1.29, 1.82) is 0 Å². The molecule has 0 fully saturated rings. The van der Waals surface area contributed by atoms with Gasteiger partial charge in [-0.1, -0.05) is 0 Å². The summed E-state index contributed by atoms with van der Waals surface area (Å²) in [5, 5.41) is 0. The first-order chi connectivity index (χ1) is 8.27. The molecule has 0 aliphatic rings. The zero-order valence-electron chi connectivity index (χ0n) is 10.3. The first-order valence-corrected chi connectivity index (χ1v) is 5.60. The van der Waals surface area contributed by atoms with Gasteiger partial charge in [0.25, 0.3) is 0 Å². The summed E-state index contributed by atoms with van der Waals surface area (Å²) in [6.07, 6.45) is 0. The molecule has 0 saturated carbocycles. The molecule has 0 amide bonds. The Morgan fingerprint density at radius 3 is 2.47 bits per heavy atom. The summed E-state index contributed by atoms with van der Waals surface area (Å²) in [4.78, 5) is 11.7. The summed E-state index contributed by atoms with van der Waals surface area (Å²) < 4.78 is 15.3. The van der Waals surface area contributed by atoms with Gasteiger partial charge >= 0.3 is 0 Å². The molecule has 0 aromatic heterocycles. The molecule has 0 heterocycles. The third-order valence-electron chi connectivity index (χ3n) is 2.15. The average molecular weight is 238 g/mol. The maximum atomic E-state index is 11.7.